The number of hydrogen-bond acceptors (Lipinski definition) is 3. The molecule has 1 aromatic rings. The van der Waals surface area contributed by atoms with Gasteiger partial charge in [0.2, 0.25) is 0 Å². The molecule has 0 unspecified atom stereocenters. The predicted molar refractivity (Wildman–Crippen MR) is 59.1 cm³/mol. The molecule has 1 aliphatic rings. The maximum Gasteiger partial charge on any atom is 0.251 e. The zero-order chi connectivity index (χ0) is 11.2. The molecule has 0 spiro atoms. The Kier molecular flexibility index (Phi) is 3.91. The SMILES string of the molecule is O=C(NCCC1OCCO1)c1ccccc1. The summed E-state index contributed by atoms with van der Waals surface area (Å²) in [7, 11) is 0. The van der Waals surface area contributed by atoms with Crippen LogP contribution in [0.3, 0.4) is 0 Å². The van der Waals surface area contributed by atoms with E-state index >= 15 is 0 Å². The monoisotopic (exact) mass is 221 g/mol. The van der Waals surface area contributed by atoms with Crippen LogP contribution in [-0.2, 0) is 9.47 Å². The second-order valence-corrected chi connectivity index (χ2v) is 3.58. The van der Waals surface area contributed by atoms with Gasteiger partial charge in [-0.3, -0.25) is 4.79 Å². The van der Waals surface area contributed by atoms with E-state index in [1.165, 1.54) is 0 Å². The molecule has 1 amide bonds. The number of ether oxygens (including phenoxy) is 2. The lowest BCUT2D eigenvalue weighted by atomic mass is 10.2. The standard InChI is InChI=1S/C12H15NO3/c14-12(10-4-2-1-3-5-10)13-7-6-11-15-8-9-16-11/h1-5,11H,6-9H2,(H,13,14). The van der Waals surface area contributed by atoms with E-state index in [1.807, 2.05) is 18.2 Å². The summed E-state index contributed by atoms with van der Waals surface area (Å²) >= 11 is 0. The van der Waals surface area contributed by atoms with E-state index in [1.54, 1.807) is 12.1 Å². The highest BCUT2D eigenvalue weighted by Gasteiger charge is 2.15. The Bertz CT molecular complexity index is 333. The van der Waals surface area contributed by atoms with E-state index < -0.39 is 0 Å². The highest BCUT2D eigenvalue weighted by molar-refractivity contribution is 5.94. The van der Waals surface area contributed by atoms with Crippen LogP contribution in [0.1, 0.15) is 16.8 Å². The first-order valence-electron chi connectivity index (χ1n) is 5.43. The third-order valence-corrected chi connectivity index (χ3v) is 2.39. The Morgan fingerprint density at radius 3 is 2.62 bits per heavy atom. The topological polar surface area (TPSA) is 47.6 Å². The smallest absolute Gasteiger partial charge is 0.251 e. The van der Waals surface area contributed by atoms with Crippen molar-refractivity contribution in [1.29, 1.82) is 0 Å². The molecule has 0 atom stereocenters. The molecule has 0 radical (unpaired) electrons. The molecule has 0 aliphatic carbocycles. The van der Waals surface area contributed by atoms with Crippen molar-refractivity contribution in [3.05, 3.63) is 35.9 Å². The third kappa shape index (κ3) is 3.05. The molecule has 0 saturated carbocycles. The molecule has 1 N–H and O–H groups in total. The highest BCUT2D eigenvalue weighted by Crippen LogP contribution is 2.06. The molecule has 1 saturated heterocycles. The first kappa shape index (κ1) is 11.1. The lowest BCUT2D eigenvalue weighted by Crippen LogP contribution is -2.27. The molecule has 4 heteroatoms. The van der Waals surface area contributed by atoms with Crippen LogP contribution in [0.4, 0.5) is 0 Å². The van der Waals surface area contributed by atoms with Crippen LogP contribution in [-0.4, -0.2) is 32.0 Å². The fraction of sp³-hybridized carbons (Fsp3) is 0.417. The molecule has 4 nitrogen and oxygen atoms in total. The Hall–Kier alpha value is -1.39. The van der Waals surface area contributed by atoms with Gasteiger partial charge in [0.05, 0.1) is 13.2 Å². The lowest BCUT2D eigenvalue weighted by molar-refractivity contribution is -0.0455. The average molecular weight is 221 g/mol. The van der Waals surface area contributed by atoms with E-state index in [-0.39, 0.29) is 12.2 Å². The van der Waals surface area contributed by atoms with Crippen LogP contribution in [0.2, 0.25) is 0 Å². The second kappa shape index (κ2) is 5.63. The molecule has 1 fully saturated rings. The van der Waals surface area contributed by atoms with Gasteiger partial charge < -0.3 is 14.8 Å². The molecular weight excluding hydrogens is 206 g/mol. The molecule has 16 heavy (non-hydrogen) atoms. The second-order valence-electron chi connectivity index (χ2n) is 3.58. The zero-order valence-corrected chi connectivity index (χ0v) is 9.02. The van der Waals surface area contributed by atoms with Gasteiger partial charge in [-0.1, -0.05) is 18.2 Å². The Morgan fingerprint density at radius 1 is 1.25 bits per heavy atom. The normalized spacial score (nSPS) is 16.2. The van der Waals surface area contributed by atoms with Gasteiger partial charge in [0.15, 0.2) is 6.29 Å². The predicted octanol–water partition coefficient (Wildman–Crippen LogP) is 1.18. The van der Waals surface area contributed by atoms with E-state index in [2.05, 4.69) is 5.32 Å². The van der Waals surface area contributed by atoms with E-state index in [0.29, 0.717) is 31.7 Å². The van der Waals surface area contributed by atoms with Gasteiger partial charge in [-0.15, -0.1) is 0 Å². The summed E-state index contributed by atoms with van der Waals surface area (Å²) in [5.74, 6) is -0.0569. The minimum absolute atomic E-state index is 0.0569. The summed E-state index contributed by atoms with van der Waals surface area (Å²) in [5.41, 5.74) is 0.677. The van der Waals surface area contributed by atoms with Crippen LogP contribution in [0.15, 0.2) is 30.3 Å². The number of benzene rings is 1. The summed E-state index contributed by atoms with van der Waals surface area (Å²) < 4.78 is 10.5. The fourth-order valence-electron chi connectivity index (χ4n) is 1.57. The number of carbonyl (C=O) groups excluding carboxylic acids is 1. The minimum atomic E-state index is -0.156. The zero-order valence-electron chi connectivity index (χ0n) is 9.02. The number of rotatable bonds is 4. The van der Waals surface area contributed by atoms with Crippen LogP contribution in [0, 0.1) is 0 Å². The van der Waals surface area contributed by atoms with Gasteiger partial charge in [0, 0.05) is 18.5 Å². The van der Waals surface area contributed by atoms with Gasteiger partial charge in [-0.05, 0) is 12.1 Å². The summed E-state index contributed by atoms with van der Waals surface area (Å²) in [5, 5.41) is 2.83. The number of carbonyl (C=O) groups is 1. The Balaban J connectivity index is 1.71. The van der Waals surface area contributed by atoms with Gasteiger partial charge in [-0.25, -0.2) is 0 Å². The largest absolute Gasteiger partial charge is 0.352 e. The van der Waals surface area contributed by atoms with E-state index in [9.17, 15) is 4.79 Å². The van der Waals surface area contributed by atoms with Crippen molar-refractivity contribution in [1.82, 2.24) is 5.32 Å². The van der Waals surface area contributed by atoms with E-state index in [0.717, 1.165) is 0 Å². The number of amides is 1. The van der Waals surface area contributed by atoms with Gasteiger partial charge in [0.25, 0.3) is 5.91 Å². The molecule has 86 valence electrons. The fourth-order valence-corrected chi connectivity index (χ4v) is 1.57. The maximum absolute atomic E-state index is 11.6. The summed E-state index contributed by atoms with van der Waals surface area (Å²) in [6.45, 7) is 1.87. The van der Waals surface area contributed by atoms with Crippen molar-refractivity contribution in [2.45, 2.75) is 12.7 Å². The molecule has 0 aromatic heterocycles. The van der Waals surface area contributed by atoms with Gasteiger partial charge in [-0.2, -0.15) is 0 Å². The van der Waals surface area contributed by atoms with Crippen molar-refractivity contribution in [2.75, 3.05) is 19.8 Å². The highest BCUT2D eigenvalue weighted by atomic mass is 16.7. The van der Waals surface area contributed by atoms with Gasteiger partial charge >= 0.3 is 0 Å². The number of hydrogen-bond donors (Lipinski definition) is 1. The summed E-state index contributed by atoms with van der Waals surface area (Å²) in [4.78, 5) is 11.6. The Labute approximate surface area is 94.6 Å². The first-order valence-corrected chi connectivity index (χ1v) is 5.43. The van der Waals surface area contributed by atoms with Gasteiger partial charge in [0.1, 0.15) is 0 Å². The van der Waals surface area contributed by atoms with Crippen molar-refractivity contribution < 1.29 is 14.3 Å². The quantitative estimate of drug-likeness (QED) is 0.830. The van der Waals surface area contributed by atoms with Crippen LogP contribution >= 0.6 is 0 Å². The molecule has 1 aliphatic heterocycles. The third-order valence-electron chi connectivity index (χ3n) is 2.39. The van der Waals surface area contributed by atoms with Crippen molar-refractivity contribution >= 4 is 5.91 Å². The summed E-state index contributed by atoms with van der Waals surface area (Å²) in [6, 6.07) is 9.16. The van der Waals surface area contributed by atoms with Crippen molar-refractivity contribution in [2.24, 2.45) is 0 Å². The molecular formula is C12H15NO3. The van der Waals surface area contributed by atoms with Crippen molar-refractivity contribution in [3.8, 4) is 0 Å². The molecule has 0 bridgehead atoms. The molecule has 2 rings (SSSR count). The average Bonchev–Trinajstić information content (AvgIpc) is 2.83. The molecule has 1 heterocycles. The summed E-state index contributed by atoms with van der Waals surface area (Å²) in [6.07, 6.45) is 0.537. The number of nitrogens with one attached hydrogen (secondary N) is 1. The Morgan fingerprint density at radius 2 is 1.94 bits per heavy atom. The van der Waals surface area contributed by atoms with E-state index in [4.69, 9.17) is 9.47 Å². The van der Waals surface area contributed by atoms with Crippen LogP contribution < -0.4 is 5.32 Å². The minimum Gasteiger partial charge on any atom is -0.352 e. The van der Waals surface area contributed by atoms with Crippen LogP contribution in [0.25, 0.3) is 0 Å². The first-order chi connectivity index (χ1) is 7.86. The maximum atomic E-state index is 11.6. The molecule has 1 aromatic carbocycles. The van der Waals surface area contributed by atoms with Crippen molar-refractivity contribution in [3.63, 3.8) is 0 Å². The lowest BCUT2D eigenvalue weighted by Gasteiger charge is -2.09. The van der Waals surface area contributed by atoms with Crippen LogP contribution in [0.5, 0.6) is 0 Å².